The highest BCUT2D eigenvalue weighted by Gasteiger charge is 2.30. The second-order valence-corrected chi connectivity index (χ2v) is 5.93. The Morgan fingerprint density at radius 2 is 1.74 bits per heavy atom. The summed E-state index contributed by atoms with van der Waals surface area (Å²) in [7, 11) is 0. The molecule has 1 aliphatic rings. The second kappa shape index (κ2) is 6.04. The summed E-state index contributed by atoms with van der Waals surface area (Å²) >= 11 is 1.41. The summed E-state index contributed by atoms with van der Waals surface area (Å²) in [4.78, 5) is 0.672. The highest BCUT2D eigenvalue weighted by Crippen LogP contribution is 2.34. The predicted octanol–water partition coefficient (Wildman–Crippen LogP) is 5.95. The van der Waals surface area contributed by atoms with Crippen molar-refractivity contribution in [3.8, 4) is 0 Å². The zero-order valence-electron chi connectivity index (χ0n) is 10.9. The molecular formula is C15H17F3S. The van der Waals surface area contributed by atoms with Crippen LogP contribution in [0.1, 0.15) is 43.2 Å². The average Bonchev–Trinajstić information content (AvgIpc) is 2.36. The Morgan fingerprint density at radius 3 is 2.37 bits per heavy atom. The normalized spacial score (nSPS) is 16.5. The van der Waals surface area contributed by atoms with Crippen molar-refractivity contribution >= 4 is 11.8 Å². The third-order valence-electron chi connectivity index (χ3n) is 3.24. The van der Waals surface area contributed by atoms with E-state index in [1.807, 2.05) is 5.41 Å². The van der Waals surface area contributed by atoms with Crippen LogP contribution in [0.3, 0.4) is 0 Å². The van der Waals surface area contributed by atoms with E-state index in [4.69, 9.17) is 0 Å². The zero-order valence-corrected chi connectivity index (χ0v) is 11.7. The molecule has 0 amide bonds. The van der Waals surface area contributed by atoms with E-state index in [0.717, 1.165) is 12.8 Å². The second-order valence-electron chi connectivity index (χ2n) is 4.99. The molecule has 4 heteroatoms. The number of rotatable bonds is 2. The largest absolute Gasteiger partial charge is 0.416 e. The van der Waals surface area contributed by atoms with Crippen LogP contribution in [-0.2, 0) is 6.18 Å². The molecule has 1 fully saturated rings. The first kappa shape index (κ1) is 14.5. The predicted molar refractivity (Wildman–Crippen MR) is 73.2 cm³/mol. The molecule has 0 bridgehead atoms. The monoisotopic (exact) mass is 286 g/mol. The van der Waals surface area contributed by atoms with Crippen LogP contribution in [0, 0.1) is 6.92 Å². The third kappa shape index (κ3) is 4.30. The van der Waals surface area contributed by atoms with Gasteiger partial charge in [0, 0.05) is 4.90 Å². The van der Waals surface area contributed by atoms with Crippen LogP contribution >= 0.6 is 11.8 Å². The molecule has 0 unspecified atom stereocenters. The van der Waals surface area contributed by atoms with Crippen LogP contribution in [0.2, 0.25) is 0 Å². The number of allylic oxidation sites excluding steroid dienone is 1. The molecule has 0 atom stereocenters. The van der Waals surface area contributed by atoms with E-state index in [1.54, 1.807) is 13.0 Å². The Kier molecular flexibility index (Phi) is 4.61. The van der Waals surface area contributed by atoms with E-state index in [1.165, 1.54) is 48.7 Å². The molecule has 0 radical (unpaired) electrons. The van der Waals surface area contributed by atoms with E-state index in [2.05, 4.69) is 0 Å². The van der Waals surface area contributed by atoms with Gasteiger partial charge in [0.2, 0.25) is 0 Å². The molecule has 0 nitrogen and oxygen atoms in total. The summed E-state index contributed by atoms with van der Waals surface area (Å²) in [5.74, 6) is 0. The molecule has 19 heavy (non-hydrogen) atoms. The molecule has 0 spiro atoms. The molecule has 2 rings (SSSR count). The van der Waals surface area contributed by atoms with Crippen molar-refractivity contribution in [1.29, 1.82) is 0 Å². The van der Waals surface area contributed by atoms with Crippen molar-refractivity contribution in [3.63, 3.8) is 0 Å². The van der Waals surface area contributed by atoms with Gasteiger partial charge in [-0.15, -0.1) is 0 Å². The molecule has 0 N–H and O–H groups in total. The van der Waals surface area contributed by atoms with Crippen LogP contribution < -0.4 is 0 Å². The van der Waals surface area contributed by atoms with Gasteiger partial charge in [-0.25, -0.2) is 0 Å². The lowest BCUT2D eigenvalue weighted by Gasteiger charge is -2.13. The minimum absolute atomic E-state index is 0.558. The Morgan fingerprint density at radius 1 is 1.05 bits per heavy atom. The third-order valence-corrected chi connectivity index (χ3v) is 4.19. The van der Waals surface area contributed by atoms with Gasteiger partial charge in [0.25, 0.3) is 0 Å². The van der Waals surface area contributed by atoms with Crippen molar-refractivity contribution < 1.29 is 13.2 Å². The maximum atomic E-state index is 12.7. The number of halogens is 3. The van der Waals surface area contributed by atoms with E-state index >= 15 is 0 Å². The van der Waals surface area contributed by atoms with Gasteiger partial charge in [-0.1, -0.05) is 23.8 Å². The van der Waals surface area contributed by atoms with E-state index in [9.17, 15) is 13.2 Å². The first-order valence-corrected chi connectivity index (χ1v) is 7.36. The minimum Gasteiger partial charge on any atom is -0.166 e. The number of benzene rings is 1. The van der Waals surface area contributed by atoms with Crippen LogP contribution in [-0.4, -0.2) is 0 Å². The summed E-state index contributed by atoms with van der Waals surface area (Å²) in [6, 6.07) is 4.23. The number of thioether (sulfide) groups is 1. The van der Waals surface area contributed by atoms with Gasteiger partial charge in [0.05, 0.1) is 5.56 Å². The number of aryl methyl sites for hydroxylation is 1. The Bertz CT molecular complexity index is 467. The first-order valence-electron chi connectivity index (χ1n) is 6.48. The molecule has 1 aromatic rings. The van der Waals surface area contributed by atoms with Crippen LogP contribution in [0.15, 0.2) is 34.1 Å². The summed E-state index contributed by atoms with van der Waals surface area (Å²) in [5.41, 5.74) is 1.46. The SMILES string of the molecule is Cc1cc(SC=C2CCCCC2)cc(C(F)(F)F)c1. The Labute approximate surface area is 116 Å². The fourth-order valence-corrected chi connectivity index (χ4v) is 3.24. The van der Waals surface area contributed by atoms with Gasteiger partial charge in [-0.2, -0.15) is 13.2 Å². The molecule has 1 saturated carbocycles. The van der Waals surface area contributed by atoms with E-state index in [-0.39, 0.29) is 0 Å². The molecular weight excluding hydrogens is 269 g/mol. The fourth-order valence-electron chi connectivity index (χ4n) is 2.25. The smallest absolute Gasteiger partial charge is 0.166 e. The van der Waals surface area contributed by atoms with Gasteiger partial charge in [-0.3, -0.25) is 0 Å². The quantitative estimate of drug-likeness (QED) is 0.605. The van der Waals surface area contributed by atoms with Gasteiger partial charge >= 0.3 is 6.18 Å². The molecule has 0 aromatic heterocycles. The molecule has 0 heterocycles. The maximum absolute atomic E-state index is 12.7. The van der Waals surface area contributed by atoms with Crippen molar-refractivity contribution in [2.45, 2.75) is 50.1 Å². The Hall–Kier alpha value is -0.900. The number of hydrogen-bond acceptors (Lipinski definition) is 1. The van der Waals surface area contributed by atoms with Gasteiger partial charge in [0.15, 0.2) is 0 Å². The van der Waals surface area contributed by atoms with Gasteiger partial charge < -0.3 is 0 Å². The van der Waals surface area contributed by atoms with Crippen LogP contribution in [0.25, 0.3) is 0 Å². The summed E-state index contributed by atoms with van der Waals surface area (Å²) in [6.45, 7) is 1.70. The van der Waals surface area contributed by atoms with E-state index in [0.29, 0.717) is 10.5 Å². The maximum Gasteiger partial charge on any atom is 0.416 e. The van der Waals surface area contributed by atoms with Crippen molar-refractivity contribution in [2.24, 2.45) is 0 Å². The summed E-state index contributed by atoms with van der Waals surface area (Å²) in [6.07, 6.45) is 1.59. The Balaban J connectivity index is 2.14. The van der Waals surface area contributed by atoms with Crippen LogP contribution in [0.4, 0.5) is 13.2 Å². The van der Waals surface area contributed by atoms with E-state index < -0.39 is 11.7 Å². The lowest BCUT2D eigenvalue weighted by molar-refractivity contribution is -0.137. The molecule has 1 aliphatic carbocycles. The number of hydrogen-bond donors (Lipinski definition) is 0. The first-order chi connectivity index (χ1) is 8.95. The standard InChI is InChI=1S/C15H17F3S/c1-11-7-13(15(16,17)18)9-14(8-11)19-10-12-5-3-2-4-6-12/h7-10H,2-6H2,1H3. The highest BCUT2D eigenvalue weighted by molar-refractivity contribution is 8.02. The summed E-state index contributed by atoms with van der Waals surface area (Å²) in [5, 5.41) is 2.04. The highest BCUT2D eigenvalue weighted by atomic mass is 32.2. The summed E-state index contributed by atoms with van der Waals surface area (Å²) < 4.78 is 38.2. The van der Waals surface area contributed by atoms with Crippen molar-refractivity contribution in [2.75, 3.05) is 0 Å². The van der Waals surface area contributed by atoms with Gasteiger partial charge in [0.1, 0.15) is 0 Å². The molecule has 104 valence electrons. The van der Waals surface area contributed by atoms with Crippen molar-refractivity contribution in [3.05, 3.63) is 40.3 Å². The molecule has 0 saturated heterocycles. The number of alkyl halides is 3. The molecule has 0 aliphatic heterocycles. The lowest BCUT2D eigenvalue weighted by Crippen LogP contribution is -2.05. The molecule has 1 aromatic carbocycles. The fraction of sp³-hybridized carbons (Fsp3) is 0.467. The average molecular weight is 286 g/mol. The lowest BCUT2D eigenvalue weighted by atomic mass is 9.96. The topological polar surface area (TPSA) is 0 Å². The zero-order chi connectivity index (χ0) is 13.9. The minimum atomic E-state index is -4.26. The van der Waals surface area contributed by atoms with Gasteiger partial charge in [-0.05, 0) is 61.8 Å². The van der Waals surface area contributed by atoms with Crippen LogP contribution in [0.5, 0.6) is 0 Å². The van der Waals surface area contributed by atoms with Crippen molar-refractivity contribution in [1.82, 2.24) is 0 Å².